The Balaban J connectivity index is 1.71. The van der Waals surface area contributed by atoms with Gasteiger partial charge in [0.15, 0.2) is 0 Å². The van der Waals surface area contributed by atoms with E-state index in [-0.39, 0.29) is 10.8 Å². The van der Waals surface area contributed by atoms with Crippen LogP contribution >= 0.6 is 11.6 Å². The summed E-state index contributed by atoms with van der Waals surface area (Å²) in [6.07, 6.45) is 2.29. The van der Waals surface area contributed by atoms with Crippen molar-refractivity contribution in [1.29, 1.82) is 0 Å². The number of amides is 1. The summed E-state index contributed by atoms with van der Waals surface area (Å²) >= 11 is 5.92. The van der Waals surface area contributed by atoms with Crippen LogP contribution in [0.1, 0.15) is 31.7 Å². The van der Waals surface area contributed by atoms with Gasteiger partial charge in [-0.1, -0.05) is 30.7 Å². The van der Waals surface area contributed by atoms with Crippen molar-refractivity contribution in [2.24, 2.45) is 0 Å². The first-order valence-corrected chi connectivity index (χ1v) is 10.4. The van der Waals surface area contributed by atoms with Gasteiger partial charge in [-0.3, -0.25) is 4.79 Å². The second-order valence-electron chi connectivity index (χ2n) is 6.47. The van der Waals surface area contributed by atoms with Gasteiger partial charge in [0.2, 0.25) is 15.9 Å². The Morgan fingerprint density at radius 3 is 2.23 bits per heavy atom. The van der Waals surface area contributed by atoms with Crippen molar-refractivity contribution < 1.29 is 13.2 Å². The molecule has 0 saturated heterocycles. The summed E-state index contributed by atoms with van der Waals surface area (Å²) in [6, 6.07) is 13.5. The van der Waals surface area contributed by atoms with Crippen LogP contribution in [0.15, 0.2) is 53.4 Å². The van der Waals surface area contributed by atoms with Gasteiger partial charge in [-0.2, -0.15) is 0 Å². The van der Waals surface area contributed by atoms with Gasteiger partial charge < -0.3 is 5.32 Å². The standard InChI is InChI=1S/C19H21ClN2O3S/c1-2-13-21-26(24,25)17-9-7-16(8-10-17)22-18(23)19(11-12-19)14-3-5-15(20)6-4-14/h3-10,21H,2,11-13H2,1H3,(H,22,23). The van der Waals surface area contributed by atoms with Crippen molar-refractivity contribution >= 4 is 33.2 Å². The van der Waals surface area contributed by atoms with Gasteiger partial charge in [-0.15, -0.1) is 0 Å². The predicted molar refractivity (Wildman–Crippen MR) is 103 cm³/mol. The molecule has 7 heteroatoms. The van der Waals surface area contributed by atoms with E-state index < -0.39 is 15.4 Å². The van der Waals surface area contributed by atoms with E-state index in [2.05, 4.69) is 10.0 Å². The third kappa shape index (κ3) is 3.92. The fourth-order valence-electron chi connectivity index (χ4n) is 2.83. The van der Waals surface area contributed by atoms with Crippen LogP contribution in [0.25, 0.3) is 0 Å². The van der Waals surface area contributed by atoms with E-state index in [0.29, 0.717) is 17.3 Å². The van der Waals surface area contributed by atoms with E-state index in [1.807, 2.05) is 19.1 Å². The summed E-state index contributed by atoms with van der Waals surface area (Å²) in [4.78, 5) is 12.9. The number of nitrogens with one attached hydrogen (secondary N) is 2. The van der Waals surface area contributed by atoms with Crippen LogP contribution < -0.4 is 10.0 Å². The summed E-state index contributed by atoms with van der Waals surface area (Å²) < 4.78 is 26.7. The molecule has 0 unspecified atom stereocenters. The highest BCUT2D eigenvalue weighted by atomic mass is 35.5. The molecule has 1 amide bonds. The number of carbonyl (C=O) groups excluding carboxylic acids is 1. The molecule has 0 atom stereocenters. The Morgan fingerprint density at radius 1 is 1.08 bits per heavy atom. The number of hydrogen-bond donors (Lipinski definition) is 2. The van der Waals surface area contributed by atoms with Crippen molar-refractivity contribution in [2.45, 2.75) is 36.5 Å². The number of anilines is 1. The van der Waals surface area contributed by atoms with Crippen LogP contribution in [-0.2, 0) is 20.2 Å². The lowest BCUT2D eigenvalue weighted by Crippen LogP contribution is -2.28. The minimum atomic E-state index is -3.51. The maximum atomic E-state index is 12.7. The largest absolute Gasteiger partial charge is 0.325 e. The highest BCUT2D eigenvalue weighted by Gasteiger charge is 2.51. The molecule has 0 bridgehead atoms. The summed E-state index contributed by atoms with van der Waals surface area (Å²) in [7, 11) is -3.51. The molecule has 1 aliphatic carbocycles. The van der Waals surface area contributed by atoms with Crippen molar-refractivity contribution in [3.8, 4) is 0 Å². The molecular formula is C19H21ClN2O3S. The molecule has 2 aromatic carbocycles. The van der Waals surface area contributed by atoms with Crippen molar-refractivity contribution in [3.05, 3.63) is 59.1 Å². The van der Waals surface area contributed by atoms with Gasteiger partial charge in [-0.25, -0.2) is 13.1 Å². The van der Waals surface area contributed by atoms with Gasteiger partial charge in [0.05, 0.1) is 10.3 Å². The molecule has 26 heavy (non-hydrogen) atoms. The molecule has 3 rings (SSSR count). The molecule has 2 N–H and O–H groups in total. The van der Waals surface area contributed by atoms with E-state index in [1.165, 1.54) is 12.1 Å². The highest BCUT2D eigenvalue weighted by Crippen LogP contribution is 2.49. The third-order valence-electron chi connectivity index (χ3n) is 4.55. The monoisotopic (exact) mass is 392 g/mol. The molecular weight excluding hydrogens is 372 g/mol. The quantitative estimate of drug-likeness (QED) is 0.754. The fourth-order valence-corrected chi connectivity index (χ4v) is 4.09. The summed E-state index contributed by atoms with van der Waals surface area (Å²) in [5, 5.41) is 3.53. The Morgan fingerprint density at radius 2 is 1.69 bits per heavy atom. The summed E-state index contributed by atoms with van der Waals surface area (Å²) in [5.74, 6) is -0.0838. The van der Waals surface area contributed by atoms with Crippen LogP contribution in [-0.4, -0.2) is 20.9 Å². The molecule has 138 valence electrons. The van der Waals surface area contributed by atoms with Crippen LogP contribution in [0.2, 0.25) is 5.02 Å². The zero-order valence-electron chi connectivity index (χ0n) is 14.5. The average molecular weight is 393 g/mol. The molecule has 0 radical (unpaired) electrons. The number of hydrogen-bond acceptors (Lipinski definition) is 3. The number of carbonyl (C=O) groups is 1. The topological polar surface area (TPSA) is 75.3 Å². The normalized spacial score (nSPS) is 15.5. The Labute approximate surface area is 158 Å². The van der Waals surface area contributed by atoms with Crippen LogP contribution in [0.5, 0.6) is 0 Å². The molecule has 1 aliphatic rings. The first-order chi connectivity index (χ1) is 12.4. The first-order valence-electron chi connectivity index (χ1n) is 8.55. The van der Waals surface area contributed by atoms with Crippen LogP contribution in [0, 0.1) is 0 Å². The Hall–Kier alpha value is -1.89. The van der Waals surface area contributed by atoms with E-state index in [0.717, 1.165) is 24.8 Å². The molecule has 5 nitrogen and oxygen atoms in total. The van der Waals surface area contributed by atoms with Gasteiger partial charge >= 0.3 is 0 Å². The van der Waals surface area contributed by atoms with Crippen LogP contribution in [0.4, 0.5) is 5.69 Å². The maximum Gasteiger partial charge on any atom is 0.240 e. The fraction of sp³-hybridized carbons (Fsp3) is 0.316. The Kier molecular flexibility index (Phi) is 5.37. The van der Waals surface area contributed by atoms with Gasteiger partial charge in [0.25, 0.3) is 0 Å². The number of benzene rings is 2. The van der Waals surface area contributed by atoms with Crippen molar-refractivity contribution in [1.82, 2.24) is 4.72 Å². The molecule has 2 aromatic rings. The molecule has 0 aromatic heterocycles. The van der Waals surface area contributed by atoms with Gasteiger partial charge in [0, 0.05) is 17.3 Å². The van der Waals surface area contributed by atoms with E-state index in [4.69, 9.17) is 11.6 Å². The molecule has 1 fully saturated rings. The van der Waals surface area contributed by atoms with E-state index >= 15 is 0 Å². The lowest BCUT2D eigenvalue weighted by Gasteiger charge is -2.16. The minimum Gasteiger partial charge on any atom is -0.325 e. The van der Waals surface area contributed by atoms with Gasteiger partial charge in [-0.05, 0) is 61.2 Å². The first kappa shape index (κ1) is 18.9. The summed E-state index contributed by atoms with van der Waals surface area (Å²) in [6.45, 7) is 2.29. The van der Waals surface area contributed by atoms with Crippen LogP contribution in [0.3, 0.4) is 0 Å². The summed E-state index contributed by atoms with van der Waals surface area (Å²) in [5.41, 5.74) is 1.00. The molecule has 0 heterocycles. The molecule has 1 saturated carbocycles. The maximum absolute atomic E-state index is 12.7. The predicted octanol–water partition coefficient (Wildman–Crippen LogP) is 3.70. The van der Waals surface area contributed by atoms with Crippen molar-refractivity contribution in [3.63, 3.8) is 0 Å². The minimum absolute atomic E-state index is 0.0838. The average Bonchev–Trinajstić information content (AvgIpc) is 3.43. The van der Waals surface area contributed by atoms with Gasteiger partial charge in [0.1, 0.15) is 0 Å². The lowest BCUT2D eigenvalue weighted by atomic mass is 9.95. The molecule has 0 spiro atoms. The zero-order valence-corrected chi connectivity index (χ0v) is 16.0. The highest BCUT2D eigenvalue weighted by molar-refractivity contribution is 7.89. The second kappa shape index (κ2) is 7.39. The Bertz CT molecular complexity index is 889. The number of halogens is 1. The lowest BCUT2D eigenvalue weighted by molar-refractivity contribution is -0.118. The zero-order chi connectivity index (χ0) is 18.8. The van der Waals surface area contributed by atoms with E-state index in [9.17, 15) is 13.2 Å². The number of rotatable bonds is 7. The second-order valence-corrected chi connectivity index (χ2v) is 8.67. The number of sulfonamides is 1. The SMILES string of the molecule is CCCNS(=O)(=O)c1ccc(NC(=O)C2(c3ccc(Cl)cc3)CC2)cc1. The third-order valence-corrected chi connectivity index (χ3v) is 6.27. The van der Waals surface area contributed by atoms with Crippen molar-refractivity contribution in [2.75, 3.05) is 11.9 Å². The smallest absolute Gasteiger partial charge is 0.240 e. The van der Waals surface area contributed by atoms with E-state index in [1.54, 1.807) is 24.3 Å². The molecule has 0 aliphatic heterocycles.